The summed E-state index contributed by atoms with van der Waals surface area (Å²) in [5.41, 5.74) is 3.05. The van der Waals surface area contributed by atoms with Crippen molar-refractivity contribution in [1.29, 1.82) is 0 Å². The molecule has 32 heavy (non-hydrogen) atoms. The molecule has 3 rings (SSSR count). The zero-order chi connectivity index (χ0) is 23.1. The van der Waals surface area contributed by atoms with Gasteiger partial charge in [-0.1, -0.05) is 59.9 Å². The van der Waals surface area contributed by atoms with Crippen LogP contribution in [0.5, 0.6) is 11.5 Å². The molecular formula is C24H25NO5S2. The minimum Gasteiger partial charge on any atom is -0.490 e. The zero-order valence-electron chi connectivity index (χ0n) is 18.3. The van der Waals surface area contributed by atoms with E-state index < -0.39 is 0 Å². The summed E-state index contributed by atoms with van der Waals surface area (Å²) in [5, 5.41) is 0. The quantitative estimate of drug-likeness (QED) is 0.297. The van der Waals surface area contributed by atoms with E-state index in [0.29, 0.717) is 33.9 Å². The van der Waals surface area contributed by atoms with Crippen molar-refractivity contribution in [3.63, 3.8) is 0 Å². The number of carbonyl (C=O) groups is 2. The predicted octanol–water partition coefficient (Wildman–Crippen LogP) is 4.74. The number of benzene rings is 2. The lowest BCUT2D eigenvalue weighted by Gasteiger charge is -2.13. The standard InChI is InChI=1S/C24H25NO5S2/c1-4-29-20-13-17(8-9-19(20)30-15-18-7-5-6-16(2)12-18)14-21-23(27)25(24(31)32-21)11-10-22(26)28-3/h5-9,12-14H,4,10-11,15H2,1-3H3/b21-14+. The highest BCUT2D eigenvalue weighted by atomic mass is 32.2. The number of hydrogen-bond acceptors (Lipinski definition) is 7. The summed E-state index contributed by atoms with van der Waals surface area (Å²) in [6.45, 7) is 5.07. The first kappa shape index (κ1) is 23.8. The minimum atomic E-state index is -0.384. The van der Waals surface area contributed by atoms with E-state index in [4.69, 9.17) is 21.7 Å². The molecular weight excluding hydrogens is 446 g/mol. The molecule has 2 aromatic carbocycles. The Morgan fingerprint density at radius 3 is 2.69 bits per heavy atom. The second-order valence-electron chi connectivity index (χ2n) is 7.08. The molecule has 1 saturated heterocycles. The van der Waals surface area contributed by atoms with Crippen LogP contribution in [-0.2, 0) is 20.9 Å². The highest BCUT2D eigenvalue weighted by molar-refractivity contribution is 8.26. The Morgan fingerprint density at radius 2 is 1.97 bits per heavy atom. The summed E-state index contributed by atoms with van der Waals surface area (Å²) < 4.78 is 16.8. The Bertz CT molecular complexity index is 1050. The van der Waals surface area contributed by atoms with Crippen LogP contribution < -0.4 is 9.47 Å². The lowest BCUT2D eigenvalue weighted by molar-refractivity contribution is -0.140. The Hall–Kier alpha value is -2.84. The number of nitrogens with zero attached hydrogens (tertiary/aromatic N) is 1. The van der Waals surface area contributed by atoms with Gasteiger partial charge in [0.15, 0.2) is 11.5 Å². The SMILES string of the molecule is CCOc1cc(/C=C2/SC(=S)N(CCC(=O)OC)C2=O)ccc1OCc1cccc(C)c1. The Morgan fingerprint density at radius 1 is 1.16 bits per heavy atom. The van der Waals surface area contributed by atoms with Crippen molar-refractivity contribution in [1.82, 2.24) is 4.90 Å². The molecule has 0 radical (unpaired) electrons. The lowest BCUT2D eigenvalue weighted by Crippen LogP contribution is -2.30. The molecule has 1 heterocycles. The van der Waals surface area contributed by atoms with Gasteiger partial charge in [-0.05, 0) is 43.2 Å². The maximum atomic E-state index is 12.7. The number of amides is 1. The Kier molecular flexibility index (Phi) is 8.30. The van der Waals surface area contributed by atoms with E-state index >= 15 is 0 Å². The number of esters is 1. The van der Waals surface area contributed by atoms with Crippen molar-refractivity contribution in [2.45, 2.75) is 26.9 Å². The fraction of sp³-hybridized carbons (Fsp3) is 0.292. The molecule has 1 fully saturated rings. The van der Waals surface area contributed by atoms with Gasteiger partial charge in [-0.15, -0.1) is 0 Å². The number of thiocarbonyl (C=S) groups is 1. The van der Waals surface area contributed by atoms with Gasteiger partial charge < -0.3 is 14.2 Å². The van der Waals surface area contributed by atoms with Gasteiger partial charge in [-0.3, -0.25) is 14.5 Å². The van der Waals surface area contributed by atoms with E-state index in [1.54, 1.807) is 6.08 Å². The minimum absolute atomic E-state index is 0.0949. The van der Waals surface area contributed by atoms with E-state index in [2.05, 4.69) is 10.8 Å². The average molecular weight is 472 g/mol. The smallest absolute Gasteiger partial charge is 0.307 e. The fourth-order valence-electron chi connectivity index (χ4n) is 3.11. The van der Waals surface area contributed by atoms with Gasteiger partial charge >= 0.3 is 5.97 Å². The van der Waals surface area contributed by atoms with Gasteiger partial charge in [0.1, 0.15) is 10.9 Å². The number of ether oxygens (including phenoxy) is 3. The van der Waals surface area contributed by atoms with Crippen LogP contribution in [0.3, 0.4) is 0 Å². The van der Waals surface area contributed by atoms with Gasteiger partial charge in [0.25, 0.3) is 5.91 Å². The first-order chi connectivity index (χ1) is 15.4. The number of hydrogen-bond donors (Lipinski definition) is 0. The molecule has 0 spiro atoms. The highest BCUT2D eigenvalue weighted by Crippen LogP contribution is 2.35. The molecule has 2 aromatic rings. The number of carbonyl (C=O) groups excluding carboxylic acids is 2. The Labute approximate surface area is 197 Å². The van der Waals surface area contributed by atoms with Gasteiger partial charge in [0.05, 0.1) is 25.0 Å². The van der Waals surface area contributed by atoms with Crippen molar-refractivity contribution < 1.29 is 23.8 Å². The van der Waals surface area contributed by atoms with Crippen LogP contribution in [-0.4, -0.2) is 41.4 Å². The summed E-state index contributed by atoms with van der Waals surface area (Å²) in [4.78, 5) is 26.0. The van der Waals surface area contributed by atoms with Crippen LogP contribution in [0.1, 0.15) is 30.0 Å². The molecule has 1 aliphatic rings. The van der Waals surface area contributed by atoms with E-state index in [0.717, 1.165) is 11.1 Å². The van der Waals surface area contributed by atoms with Crippen molar-refractivity contribution in [3.05, 3.63) is 64.1 Å². The van der Waals surface area contributed by atoms with Crippen LogP contribution in [0.15, 0.2) is 47.4 Å². The van der Waals surface area contributed by atoms with Gasteiger partial charge in [-0.25, -0.2) is 0 Å². The molecule has 0 bridgehead atoms. The number of thioether (sulfide) groups is 1. The summed E-state index contributed by atoms with van der Waals surface area (Å²) in [6, 6.07) is 13.7. The third-order valence-corrected chi connectivity index (χ3v) is 6.06. The third-order valence-electron chi connectivity index (χ3n) is 4.68. The molecule has 8 heteroatoms. The van der Waals surface area contributed by atoms with Crippen LogP contribution in [0, 0.1) is 6.92 Å². The molecule has 1 amide bonds. The van der Waals surface area contributed by atoms with Crippen molar-refractivity contribution >= 4 is 46.3 Å². The normalized spacial score (nSPS) is 14.7. The number of rotatable bonds is 9. The molecule has 6 nitrogen and oxygen atoms in total. The van der Waals surface area contributed by atoms with E-state index in [1.165, 1.54) is 29.3 Å². The summed E-state index contributed by atoms with van der Waals surface area (Å²) >= 11 is 6.52. The first-order valence-electron chi connectivity index (χ1n) is 10.2. The summed E-state index contributed by atoms with van der Waals surface area (Å²) in [6.07, 6.45) is 1.86. The van der Waals surface area contributed by atoms with Gasteiger partial charge in [0.2, 0.25) is 0 Å². The van der Waals surface area contributed by atoms with Crippen LogP contribution in [0.25, 0.3) is 6.08 Å². The third kappa shape index (κ3) is 6.11. The van der Waals surface area contributed by atoms with E-state index in [9.17, 15) is 9.59 Å². The predicted molar refractivity (Wildman–Crippen MR) is 130 cm³/mol. The summed E-state index contributed by atoms with van der Waals surface area (Å²) in [5.74, 6) is 0.637. The van der Waals surface area contributed by atoms with E-state index in [-0.39, 0.29) is 24.8 Å². The van der Waals surface area contributed by atoms with Crippen molar-refractivity contribution in [2.75, 3.05) is 20.3 Å². The lowest BCUT2D eigenvalue weighted by atomic mass is 10.1. The van der Waals surface area contributed by atoms with Crippen molar-refractivity contribution in [3.8, 4) is 11.5 Å². The molecule has 0 aliphatic carbocycles. The second-order valence-corrected chi connectivity index (χ2v) is 8.75. The topological polar surface area (TPSA) is 65.1 Å². The second kappa shape index (κ2) is 11.2. The zero-order valence-corrected chi connectivity index (χ0v) is 19.9. The highest BCUT2D eigenvalue weighted by Gasteiger charge is 2.32. The molecule has 0 unspecified atom stereocenters. The summed E-state index contributed by atoms with van der Waals surface area (Å²) in [7, 11) is 1.32. The van der Waals surface area contributed by atoms with Crippen LogP contribution in [0.4, 0.5) is 0 Å². The fourth-order valence-corrected chi connectivity index (χ4v) is 4.42. The van der Waals surface area contributed by atoms with Crippen LogP contribution in [0.2, 0.25) is 0 Å². The Balaban J connectivity index is 1.74. The molecule has 0 atom stereocenters. The average Bonchev–Trinajstić information content (AvgIpc) is 3.04. The molecule has 168 valence electrons. The van der Waals surface area contributed by atoms with Crippen LogP contribution >= 0.6 is 24.0 Å². The van der Waals surface area contributed by atoms with Crippen molar-refractivity contribution in [2.24, 2.45) is 0 Å². The van der Waals surface area contributed by atoms with Gasteiger partial charge in [-0.2, -0.15) is 0 Å². The number of methoxy groups -OCH3 is 1. The molecule has 0 N–H and O–H groups in total. The van der Waals surface area contributed by atoms with Gasteiger partial charge in [0, 0.05) is 6.54 Å². The number of aryl methyl sites for hydroxylation is 1. The van der Waals surface area contributed by atoms with E-state index in [1.807, 2.05) is 50.2 Å². The monoisotopic (exact) mass is 471 g/mol. The maximum Gasteiger partial charge on any atom is 0.307 e. The molecule has 0 saturated carbocycles. The first-order valence-corrected chi connectivity index (χ1v) is 11.4. The largest absolute Gasteiger partial charge is 0.490 e. The maximum absolute atomic E-state index is 12.7. The molecule has 1 aliphatic heterocycles. The molecule has 0 aromatic heterocycles.